The van der Waals surface area contributed by atoms with Crippen LogP contribution < -0.4 is 10.1 Å². The van der Waals surface area contributed by atoms with Crippen LogP contribution in [0.4, 0.5) is 5.69 Å². The zero-order chi connectivity index (χ0) is 14.7. The number of nitrogens with one attached hydrogen (secondary N) is 1. The van der Waals surface area contributed by atoms with Crippen molar-refractivity contribution in [2.75, 3.05) is 26.0 Å². The number of benzene rings is 2. The van der Waals surface area contributed by atoms with Gasteiger partial charge in [0.2, 0.25) is 0 Å². The molecule has 0 bridgehead atoms. The van der Waals surface area contributed by atoms with Crippen LogP contribution in [0.2, 0.25) is 0 Å². The number of ether oxygens (including phenoxy) is 1. The molecular formula is C18H22N2O. The van der Waals surface area contributed by atoms with Crippen molar-refractivity contribution >= 4 is 5.69 Å². The minimum absolute atomic E-state index is 0.818. The Morgan fingerprint density at radius 2 is 2.00 bits per heavy atom. The maximum Gasteiger partial charge on any atom is 0.122 e. The lowest BCUT2D eigenvalue weighted by molar-refractivity contribution is 0.357. The van der Waals surface area contributed by atoms with Crippen LogP contribution in [0.3, 0.4) is 0 Å². The maximum atomic E-state index is 5.54. The highest BCUT2D eigenvalue weighted by atomic mass is 16.5. The van der Waals surface area contributed by atoms with Gasteiger partial charge in [0, 0.05) is 25.2 Å². The Balaban J connectivity index is 1.64. The highest BCUT2D eigenvalue weighted by Crippen LogP contribution is 2.26. The quantitative estimate of drug-likeness (QED) is 0.910. The molecule has 0 radical (unpaired) electrons. The monoisotopic (exact) mass is 282 g/mol. The van der Waals surface area contributed by atoms with E-state index < -0.39 is 0 Å². The van der Waals surface area contributed by atoms with Crippen LogP contribution in [0.1, 0.15) is 16.7 Å². The molecule has 2 aromatic carbocycles. The van der Waals surface area contributed by atoms with E-state index in [2.05, 4.69) is 66.8 Å². The van der Waals surface area contributed by atoms with Gasteiger partial charge in [0.25, 0.3) is 0 Å². The van der Waals surface area contributed by atoms with E-state index in [1.165, 1.54) is 22.4 Å². The Bertz CT molecular complexity index is 622. The minimum atomic E-state index is 0.818. The third-order valence-electron chi connectivity index (χ3n) is 3.68. The van der Waals surface area contributed by atoms with Crippen molar-refractivity contribution in [3.05, 3.63) is 59.2 Å². The summed E-state index contributed by atoms with van der Waals surface area (Å²) in [5.74, 6) is 1.05. The van der Waals surface area contributed by atoms with Gasteiger partial charge >= 0.3 is 0 Å². The van der Waals surface area contributed by atoms with E-state index in [-0.39, 0.29) is 0 Å². The van der Waals surface area contributed by atoms with Crippen LogP contribution in [0.25, 0.3) is 0 Å². The Kier molecular flexibility index (Phi) is 4.11. The Labute approximate surface area is 126 Å². The lowest BCUT2D eigenvalue weighted by atomic mass is 10.1. The summed E-state index contributed by atoms with van der Waals surface area (Å²) in [4.78, 5) is 2.18. The molecule has 110 valence electrons. The predicted octanol–water partition coefficient (Wildman–Crippen LogP) is 3.30. The van der Waals surface area contributed by atoms with Crippen molar-refractivity contribution in [3.63, 3.8) is 0 Å². The third kappa shape index (κ3) is 3.56. The fraction of sp³-hybridized carbons (Fsp3) is 0.333. The lowest BCUT2D eigenvalue weighted by Gasteiger charge is -2.12. The average Bonchev–Trinajstić information content (AvgIpc) is 2.92. The molecule has 0 amide bonds. The summed E-state index contributed by atoms with van der Waals surface area (Å²) in [6.45, 7) is 2.63. The predicted molar refractivity (Wildman–Crippen MR) is 86.8 cm³/mol. The van der Waals surface area contributed by atoms with Crippen LogP contribution in [0.15, 0.2) is 42.5 Å². The molecule has 21 heavy (non-hydrogen) atoms. The Morgan fingerprint density at radius 1 is 1.10 bits per heavy atom. The van der Waals surface area contributed by atoms with Crippen molar-refractivity contribution < 1.29 is 4.74 Å². The highest BCUT2D eigenvalue weighted by molar-refractivity contribution is 5.47. The lowest BCUT2D eigenvalue weighted by Crippen LogP contribution is -2.10. The van der Waals surface area contributed by atoms with Gasteiger partial charge in [-0.05, 0) is 49.0 Å². The van der Waals surface area contributed by atoms with E-state index in [4.69, 9.17) is 4.74 Å². The molecule has 3 nitrogen and oxygen atoms in total. The van der Waals surface area contributed by atoms with Gasteiger partial charge in [-0.3, -0.25) is 0 Å². The van der Waals surface area contributed by atoms with Gasteiger partial charge in [0.05, 0.1) is 6.61 Å². The molecule has 0 fully saturated rings. The van der Waals surface area contributed by atoms with Crippen molar-refractivity contribution in [1.82, 2.24) is 4.90 Å². The molecule has 0 spiro atoms. The minimum Gasteiger partial charge on any atom is -0.493 e. The fourth-order valence-corrected chi connectivity index (χ4v) is 2.70. The molecule has 1 aliphatic rings. The molecule has 1 aliphatic heterocycles. The number of fused-ring (bicyclic) bond motifs is 1. The molecule has 0 aliphatic carbocycles. The molecule has 2 aromatic rings. The molecule has 0 saturated heterocycles. The second-order valence-electron chi connectivity index (χ2n) is 5.83. The maximum absolute atomic E-state index is 5.54. The number of anilines is 1. The van der Waals surface area contributed by atoms with Crippen LogP contribution in [0.5, 0.6) is 5.75 Å². The van der Waals surface area contributed by atoms with E-state index in [0.717, 1.165) is 31.9 Å². The SMILES string of the molecule is CN(C)Cc1cccc(NCc2ccc3c(c2)CCO3)c1. The first-order valence-corrected chi connectivity index (χ1v) is 7.43. The fourth-order valence-electron chi connectivity index (χ4n) is 2.70. The molecule has 0 saturated carbocycles. The first kappa shape index (κ1) is 14.0. The van der Waals surface area contributed by atoms with Gasteiger partial charge in [-0.25, -0.2) is 0 Å². The average molecular weight is 282 g/mol. The number of hydrogen-bond donors (Lipinski definition) is 1. The second kappa shape index (κ2) is 6.19. The van der Waals surface area contributed by atoms with E-state index in [9.17, 15) is 0 Å². The number of hydrogen-bond acceptors (Lipinski definition) is 3. The summed E-state index contributed by atoms with van der Waals surface area (Å²) in [7, 11) is 4.18. The van der Waals surface area contributed by atoms with Crippen LogP contribution in [0, 0.1) is 0 Å². The van der Waals surface area contributed by atoms with E-state index in [1.807, 2.05) is 0 Å². The zero-order valence-electron chi connectivity index (χ0n) is 12.7. The molecule has 3 heteroatoms. The third-order valence-corrected chi connectivity index (χ3v) is 3.68. The van der Waals surface area contributed by atoms with Crippen molar-refractivity contribution in [1.29, 1.82) is 0 Å². The highest BCUT2D eigenvalue weighted by Gasteiger charge is 2.11. The van der Waals surface area contributed by atoms with Gasteiger partial charge in [-0.2, -0.15) is 0 Å². The number of nitrogens with zero attached hydrogens (tertiary/aromatic N) is 1. The smallest absolute Gasteiger partial charge is 0.122 e. The van der Waals surface area contributed by atoms with E-state index in [0.29, 0.717) is 0 Å². The largest absolute Gasteiger partial charge is 0.493 e. The summed E-state index contributed by atoms with van der Waals surface area (Å²) in [5.41, 5.74) is 5.13. The van der Waals surface area contributed by atoms with Crippen LogP contribution >= 0.6 is 0 Å². The normalized spacial score (nSPS) is 13.1. The van der Waals surface area contributed by atoms with Crippen molar-refractivity contribution in [2.45, 2.75) is 19.5 Å². The first-order valence-electron chi connectivity index (χ1n) is 7.43. The number of rotatable bonds is 5. The van der Waals surface area contributed by atoms with E-state index >= 15 is 0 Å². The summed E-state index contributed by atoms with van der Waals surface area (Å²) in [6, 6.07) is 15.1. The van der Waals surface area contributed by atoms with Crippen LogP contribution in [-0.4, -0.2) is 25.6 Å². The molecule has 1 N–H and O–H groups in total. The zero-order valence-corrected chi connectivity index (χ0v) is 12.7. The topological polar surface area (TPSA) is 24.5 Å². The van der Waals surface area contributed by atoms with Crippen molar-refractivity contribution in [3.8, 4) is 5.75 Å². The summed E-state index contributed by atoms with van der Waals surface area (Å²) >= 11 is 0. The van der Waals surface area contributed by atoms with Gasteiger partial charge in [-0.15, -0.1) is 0 Å². The van der Waals surface area contributed by atoms with Crippen LogP contribution in [-0.2, 0) is 19.5 Å². The molecule has 1 heterocycles. The molecule has 0 unspecified atom stereocenters. The van der Waals surface area contributed by atoms with Gasteiger partial charge in [0.1, 0.15) is 5.75 Å². The summed E-state index contributed by atoms with van der Waals surface area (Å²) < 4.78 is 5.54. The van der Waals surface area contributed by atoms with Gasteiger partial charge < -0.3 is 15.0 Å². The molecular weight excluding hydrogens is 260 g/mol. The van der Waals surface area contributed by atoms with E-state index in [1.54, 1.807) is 0 Å². The van der Waals surface area contributed by atoms with Gasteiger partial charge in [-0.1, -0.05) is 24.3 Å². The molecule has 3 rings (SSSR count). The summed E-state index contributed by atoms with van der Waals surface area (Å²) in [6.07, 6.45) is 1.03. The molecule has 0 aromatic heterocycles. The first-order chi connectivity index (χ1) is 10.2. The van der Waals surface area contributed by atoms with Crippen molar-refractivity contribution in [2.24, 2.45) is 0 Å². The Hall–Kier alpha value is -2.00. The Morgan fingerprint density at radius 3 is 2.86 bits per heavy atom. The standard InChI is InChI=1S/C18H22N2O/c1-20(2)13-15-4-3-5-17(11-15)19-12-14-6-7-18-16(10-14)8-9-21-18/h3-7,10-11,19H,8-9,12-13H2,1-2H3. The van der Waals surface area contributed by atoms with Gasteiger partial charge in [0.15, 0.2) is 0 Å². The second-order valence-corrected chi connectivity index (χ2v) is 5.83. The molecule has 0 atom stereocenters. The summed E-state index contributed by atoms with van der Waals surface area (Å²) in [5, 5.41) is 3.51.